The fourth-order valence-corrected chi connectivity index (χ4v) is 2.14. The summed E-state index contributed by atoms with van der Waals surface area (Å²) in [6.45, 7) is 1.70. The van der Waals surface area contributed by atoms with Crippen molar-refractivity contribution in [2.45, 2.75) is 19.4 Å². The Labute approximate surface area is 143 Å². The van der Waals surface area contributed by atoms with Crippen LogP contribution in [0.1, 0.15) is 13.3 Å². The van der Waals surface area contributed by atoms with Crippen LogP contribution in [0.4, 0.5) is 15.8 Å². The fourth-order valence-electron chi connectivity index (χ4n) is 2.14. The monoisotopic (exact) mass is 348 g/mol. The summed E-state index contributed by atoms with van der Waals surface area (Å²) in [6, 6.07) is 9.58. The second kappa shape index (κ2) is 8.09. The summed E-state index contributed by atoms with van der Waals surface area (Å²) in [5.74, 6) is -0.929. The van der Waals surface area contributed by atoms with E-state index in [0.29, 0.717) is 0 Å². The number of ether oxygens (including phenoxy) is 2. The molecule has 0 fully saturated rings. The first-order valence-electron chi connectivity index (χ1n) is 7.50. The molecule has 25 heavy (non-hydrogen) atoms. The summed E-state index contributed by atoms with van der Waals surface area (Å²) in [7, 11) is 1.38. The van der Waals surface area contributed by atoms with E-state index in [0.717, 1.165) is 0 Å². The Balaban J connectivity index is 2.20. The minimum absolute atomic E-state index is 0.0458. The number of hydrogen-bond donors (Lipinski definition) is 1. The third-order valence-electron chi connectivity index (χ3n) is 3.42. The van der Waals surface area contributed by atoms with E-state index >= 15 is 0 Å². The first-order chi connectivity index (χ1) is 12.0. The van der Waals surface area contributed by atoms with Gasteiger partial charge in [-0.05, 0) is 24.6 Å². The molecule has 0 aliphatic rings. The zero-order valence-corrected chi connectivity index (χ0v) is 13.7. The van der Waals surface area contributed by atoms with Crippen molar-refractivity contribution in [3.8, 4) is 11.5 Å². The molecule has 2 aromatic rings. The van der Waals surface area contributed by atoms with Crippen LogP contribution in [-0.4, -0.2) is 24.0 Å². The maximum atomic E-state index is 13.7. The van der Waals surface area contributed by atoms with E-state index in [1.165, 1.54) is 43.5 Å². The van der Waals surface area contributed by atoms with Crippen molar-refractivity contribution in [1.82, 2.24) is 0 Å². The number of nitrogens with zero attached hydrogens (tertiary/aromatic N) is 1. The number of amides is 1. The average Bonchev–Trinajstić information content (AvgIpc) is 2.60. The minimum atomic E-state index is -0.971. The van der Waals surface area contributed by atoms with Crippen LogP contribution in [0.15, 0.2) is 42.5 Å². The molecular weight excluding hydrogens is 331 g/mol. The molecule has 0 radical (unpaired) electrons. The van der Waals surface area contributed by atoms with E-state index in [9.17, 15) is 19.3 Å². The molecule has 1 amide bonds. The van der Waals surface area contributed by atoms with Crippen LogP contribution in [0.25, 0.3) is 0 Å². The summed E-state index contributed by atoms with van der Waals surface area (Å²) in [5, 5.41) is 13.4. The smallest absolute Gasteiger partial charge is 0.271 e. The van der Waals surface area contributed by atoms with Gasteiger partial charge in [0.15, 0.2) is 17.7 Å². The van der Waals surface area contributed by atoms with Gasteiger partial charge in [0.25, 0.3) is 11.6 Å². The number of benzene rings is 2. The number of carbonyl (C=O) groups excluding carboxylic acids is 1. The number of anilines is 1. The van der Waals surface area contributed by atoms with Crippen molar-refractivity contribution in [3.05, 3.63) is 58.4 Å². The van der Waals surface area contributed by atoms with Gasteiger partial charge < -0.3 is 14.8 Å². The standard InChI is InChI=1S/C17H17FN2O5/c1-3-14(25-15-7-5-4-6-12(15)18)17(21)19-13-10-11(20(22)23)8-9-16(13)24-2/h4-10,14H,3H2,1-2H3,(H,19,21)/t14-/m1/s1. The SMILES string of the molecule is CC[C@@H](Oc1ccccc1F)C(=O)Nc1cc([N+](=O)[O-])ccc1OC. The molecule has 2 rings (SSSR count). The van der Waals surface area contributed by atoms with Crippen molar-refractivity contribution < 1.29 is 23.6 Å². The molecule has 0 unspecified atom stereocenters. The molecule has 0 aliphatic heterocycles. The molecule has 8 heteroatoms. The van der Waals surface area contributed by atoms with Crippen molar-refractivity contribution in [1.29, 1.82) is 0 Å². The lowest BCUT2D eigenvalue weighted by Crippen LogP contribution is -2.32. The number of carbonyl (C=O) groups is 1. The predicted molar refractivity (Wildman–Crippen MR) is 89.4 cm³/mol. The Morgan fingerprint density at radius 3 is 2.60 bits per heavy atom. The number of nitro groups is 1. The van der Waals surface area contributed by atoms with Crippen LogP contribution in [-0.2, 0) is 4.79 Å². The Morgan fingerprint density at radius 1 is 1.28 bits per heavy atom. The summed E-state index contributed by atoms with van der Waals surface area (Å²) in [5.41, 5.74) is -0.0588. The maximum absolute atomic E-state index is 13.7. The Hall–Kier alpha value is -3.16. The molecule has 0 aromatic heterocycles. The molecule has 1 atom stereocenters. The van der Waals surface area contributed by atoms with E-state index < -0.39 is 22.8 Å². The lowest BCUT2D eigenvalue weighted by atomic mass is 10.2. The van der Waals surface area contributed by atoms with E-state index in [1.807, 2.05) is 0 Å². The molecule has 0 saturated heterocycles. The van der Waals surface area contributed by atoms with Crippen molar-refractivity contribution in [2.75, 3.05) is 12.4 Å². The van der Waals surface area contributed by atoms with Gasteiger partial charge in [0.1, 0.15) is 5.75 Å². The van der Waals surface area contributed by atoms with Crippen LogP contribution >= 0.6 is 0 Å². The summed E-state index contributed by atoms with van der Waals surface area (Å²) >= 11 is 0. The minimum Gasteiger partial charge on any atom is -0.495 e. The Bertz CT molecular complexity index is 781. The average molecular weight is 348 g/mol. The Morgan fingerprint density at radius 2 is 2.00 bits per heavy atom. The highest BCUT2D eigenvalue weighted by Crippen LogP contribution is 2.29. The molecule has 7 nitrogen and oxygen atoms in total. The number of rotatable bonds is 7. The molecule has 2 aromatic carbocycles. The third kappa shape index (κ3) is 4.43. The van der Waals surface area contributed by atoms with Gasteiger partial charge in [-0.3, -0.25) is 14.9 Å². The first kappa shape index (κ1) is 18.2. The summed E-state index contributed by atoms with van der Waals surface area (Å²) < 4.78 is 24.2. The van der Waals surface area contributed by atoms with E-state index in [1.54, 1.807) is 13.0 Å². The van der Waals surface area contributed by atoms with Gasteiger partial charge in [-0.2, -0.15) is 0 Å². The normalized spacial score (nSPS) is 11.5. The molecule has 0 bridgehead atoms. The van der Waals surface area contributed by atoms with Crippen molar-refractivity contribution in [3.63, 3.8) is 0 Å². The van der Waals surface area contributed by atoms with Gasteiger partial charge in [0.2, 0.25) is 0 Å². The molecule has 1 N–H and O–H groups in total. The molecule has 0 saturated carbocycles. The number of nitro benzene ring substituents is 1. The van der Waals surface area contributed by atoms with E-state index in [-0.39, 0.29) is 29.3 Å². The zero-order chi connectivity index (χ0) is 18.4. The number of halogens is 1. The highest BCUT2D eigenvalue weighted by molar-refractivity contribution is 5.96. The molecule has 0 spiro atoms. The third-order valence-corrected chi connectivity index (χ3v) is 3.42. The highest BCUT2D eigenvalue weighted by atomic mass is 19.1. The van der Waals surface area contributed by atoms with Crippen LogP contribution < -0.4 is 14.8 Å². The van der Waals surface area contributed by atoms with Crippen molar-refractivity contribution in [2.24, 2.45) is 0 Å². The predicted octanol–water partition coefficient (Wildman–Crippen LogP) is 3.54. The van der Waals surface area contributed by atoms with Crippen LogP contribution in [0, 0.1) is 15.9 Å². The summed E-state index contributed by atoms with van der Waals surface area (Å²) in [4.78, 5) is 22.7. The van der Waals surface area contributed by atoms with E-state index in [2.05, 4.69) is 5.32 Å². The van der Waals surface area contributed by atoms with Gasteiger partial charge in [-0.15, -0.1) is 0 Å². The first-order valence-corrected chi connectivity index (χ1v) is 7.50. The lowest BCUT2D eigenvalue weighted by Gasteiger charge is -2.18. The fraction of sp³-hybridized carbons (Fsp3) is 0.235. The lowest BCUT2D eigenvalue weighted by molar-refractivity contribution is -0.384. The molecular formula is C17H17FN2O5. The second-order valence-electron chi connectivity index (χ2n) is 5.08. The summed E-state index contributed by atoms with van der Waals surface area (Å²) in [6.07, 6.45) is -0.696. The largest absolute Gasteiger partial charge is 0.495 e. The Kier molecular flexibility index (Phi) is 5.89. The molecule has 132 valence electrons. The highest BCUT2D eigenvalue weighted by Gasteiger charge is 2.22. The maximum Gasteiger partial charge on any atom is 0.271 e. The van der Waals surface area contributed by atoms with Gasteiger partial charge in [-0.1, -0.05) is 19.1 Å². The zero-order valence-electron chi connectivity index (χ0n) is 13.7. The number of non-ortho nitro benzene ring substituents is 1. The number of para-hydroxylation sites is 1. The number of nitrogens with one attached hydrogen (secondary N) is 1. The topological polar surface area (TPSA) is 90.7 Å². The van der Waals surface area contributed by atoms with Crippen LogP contribution in [0.5, 0.6) is 11.5 Å². The number of hydrogen-bond acceptors (Lipinski definition) is 5. The van der Waals surface area contributed by atoms with Gasteiger partial charge in [-0.25, -0.2) is 4.39 Å². The number of methoxy groups -OCH3 is 1. The van der Waals surface area contributed by atoms with Crippen molar-refractivity contribution >= 4 is 17.3 Å². The van der Waals surface area contributed by atoms with Crippen LogP contribution in [0.3, 0.4) is 0 Å². The quantitative estimate of drug-likeness (QED) is 0.610. The van der Waals surface area contributed by atoms with Gasteiger partial charge in [0.05, 0.1) is 17.7 Å². The van der Waals surface area contributed by atoms with Crippen LogP contribution in [0.2, 0.25) is 0 Å². The second-order valence-corrected chi connectivity index (χ2v) is 5.08. The molecule has 0 aliphatic carbocycles. The van der Waals surface area contributed by atoms with Gasteiger partial charge in [0, 0.05) is 12.1 Å². The van der Waals surface area contributed by atoms with Gasteiger partial charge >= 0.3 is 0 Å². The molecule has 0 heterocycles. The van der Waals surface area contributed by atoms with E-state index in [4.69, 9.17) is 9.47 Å².